The largest absolute Gasteiger partial charge is 0.395 e. The van der Waals surface area contributed by atoms with Gasteiger partial charge in [0.15, 0.2) is 0 Å². The first-order valence-corrected chi connectivity index (χ1v) is 6.74. The topological polar surface area (TPSA) is 73.7 Å². The van der Waals surface area contributed by atoms with Gasteiger partial charge in [0.25, 0.3) is 5.91 Å². The van der Waals surface area contributed by atoms with Crippen molar-refractivity contribution in [3.05, 3.63) is 29.6 Å². The van der Waals surface area contributed by atoms with Gasteiger partial charge in [0.05, 0.1) is 18.3 Å². The highest BCUT2D eigenvalue weighted by Crippen LogP contribution is 2.14. The molecule has 2 rings (SSSR count). The van der Waals surface area contributed by atoms with Crippen molar-refractivity contribution in [3.63, 3.8) is 0 Å². The molecule has 0 spiro atoms. The molecule has 0 unspecified atom stereocenters. The third kappa shape index (κ3) is 3.56. The number of likely N-dealkylation sites (tertiary alicyclic amines) is 1. The van der Waals surface area contributed by atoms with E-state index in [9.17, 15) is 9.90 Å². The van der Waals surface area contributed by atoms with Crippen molar-refractivity contribution >= 4 is 5.91 Å². The summed E-state index contributed by atoms with van der Waals surface area (Å²) in [4.78, 5) is 18.3. The summed E-state index contributed by atoms with van der Waals surface area (Å²) >= 11 is 0. The Balaban J connectivity index is 2.16. The first-order chi connectivity index (χ1) is 9.72. The Morgan fingerprint density at radius 1 is 1.45 bits per heavy atom. The lowest BCUT2D eigenvalue weighted by Crippen LogP contribution is -2.40. The average Bonchev–Trinajstić information content (AvgIpc) is 2.48. The summed E-state index contributed by atoms with van der Waals surface area (Å²) in [5.74, 6) is 5.53. The van der Waals surface area contributed by atoms with Gasteiger partial charge in [0.1, 0.15) is 5.69 Å². The summed E-state index contributed by atoms with van der Waals surface area (Å²) in [6.07, 6.45) is 2.84. The van der Waals surface area contributed by atoms with Crippen molar-refractivity contribution in [2.45, 2.75) is 25.4 Å². The number of nitrogens with zero attached hydrogens (tertiary/aromatic N) is 2. The summed E-state index contributed by atoms with van der Waals surface area (Å²) in [6, 6.07) is 3.49. The smallest absolute Gasteiger partial charge is 0.273 e. The standard InChI is InChI=1S/C15H18N2O3/c18-11-2-1-4-12-5-3-8-16-14(12)15(20)17-9-6-13(19)7-10-17/h3,5,8,13,18-19H,2,6-7,9-11H2. The van der Waals surface area contributed by atoms with Crippen LogP contribution in [0.5, 0.6) is 0 Å². The highest BCUT2D eigenvalue weighted by molar-refractivity contribution is 5.94. The number of carbonyl (C=O) groups is 1. The number of hydrogen-bond donors (Lipinski definition) is 2. The van der Waals surface area contributed by atoms with Crippen molar-refractivity contribution in [1.82, 2.24) is 9.88 Å². The van der Waals surface area contributed by atoms with Gasteiger partial charge in [-0.05, 0) is 25.0 Å². The van der Waals surface area contributed by atoms with Gasteiger partial charge in [0, 0.05) is 25.7 Å². The molecule has 106 valence electrons. The summed E-state index contributed by atoms with van der Waals surface area (Å²) in [7, 11) is 0. The number of aromatic nitrogens is 1. The average molecular weight is 274 g/mol. The Hall–Kier alpha value is -1.90. The lowest BCUT2D eigenvalue weighted by atomic mass is 10.1. The van der Waals surface area contributed by atoms with E-state index >= 15 is 0 Å². The van der Waals surface area contributed by atoms with Gasteiger partial charge in [-0.2, -0.15) is 0 Å². The molecule has 5 heteroatoms. The molecule has 1 aromatic heterocycles. The molecule has 1 amide bonds. The number of rotatable bonds is 2. The summed E-state index contributed by atoms with van der Waals surface area (Å²) in [6.45, 7) is 1.08. The van der Waals surface area contributed by atoms with Crippen LogP contribution in [0.3, 0.4) is 0 Å². The van der Waals surface area contributed by atoms with E-state index in [1.165, 1.54) is 0 Å². The van der Waals surface area contributed by atoms with E-state index in [1.807, 2.05) is 0 Å². The van der Waals surface area contributed by atoms with Crippen molar-refractivity contribution in [2.75, 3.05) is 19.7 Å². The molecule has 1 aliphatic rings. The molecule has 2 heterocycles. The molecule has 0 aromatic carbocycles. The maximum atomic E-state index is 12.4. The zero-order valence-corrected chi connectivity index (χ0v) is 11.2. The van der Waals surface area contributed by atoms with Crippen LogP contribution in [0.25, 0.3) is 0 Å². The van der Waals surface area contributed by atoms with E-state index in [1.54, 1.807) is 23.2 Å². The quantitative estimate of drug-likeness (QED) is 0.766. The van der Waals surface area contributed by atoms with E-state index in [0.29, 0.717) is 43.6 Å². The first-order valence-electron chi connectivity index (χ1n) is 6.74. The minimum atomic E-state index is -0.313. The Morgan fingerprint density at radius 2 is 2.20 bits per heavy atom. The van der Waals surface area contributed by atoms with Gasteiger partial charge < -0.3 is 15.1 Å². The highest BCUT2D eigenvalue weighted by Gasteiger charge is 2.24. The molecule has 0 atom stereocenters. The fraction of sp³-hybridized carbons (Fsp3) is 0.467. The van der Waals surface area contributed by atoms with Crippen LogP contribution in [-0.4, -0.2) is 51.8 Å². The van der Waals surface area contributed by atoms with E-state index in [2.05, 4.69) is 16.8 Å². The second kappa shape index (κ2) is 7.04. The lowest BCUT2D eigenvalue weighted by molar-refractivity contribution is 0.0541. The zero-order valence-electron chi connectivity index (χ0n) is 11.2. The van der Waals surface area contributed by atoms with Gasteiger partial charge in [-0.25, -0.2) is 4.98 Å². The fourth-order valence-electron chi connectivity index (χ4n) is 2.11. The number of hydrogen-bond acceptors (Lipinski definition) is 4. The number of piperidine rings is 1. The van der Waals surface area contributed by atoms with E-state index < -0.39 is 0 Å². The van der Waals surface area contributed by atoms with Crippen LogP contribution in [0.4, 0.5) is 0 Å². The highest BCUT2D eigenvalue weighted by atomic mass is 16.3. The Morgan fingerprint density at radius 3 is 2.90 bits per heavy atom. The van der Waals surface area contributed by atoms with Gasteiger partial charge >= 0.3 is 0 Å². The molecule has 1 saturated heterocycles. The number of aliphatic hydroxyl groups is 2. The van der Waals surface area contributed by atoms with Crippen LogP contribution in [0.1, 0.15) is 35.3 Å². The van der Waals surface area contributed by atoms with E-state index in [-0.39, 0.29) is 18.6 Å². The Kier molecular flexibility index (Phi) is 5.10. The van der Waals surface area contributed by atoms with Crippen LogP contribution < -0.4 is 0 Å². The van der Waals surface area contributed by atoms with Gasteiger partial charge in [-0.3, -0.25) is 4.79 Å². The maximum absolute atomic E-state index is 12.4. The number of amides is 1. The van der Waals surface area contributed by atoms with Gasteiger partial charge in [0.2, 0.25) is 0 Å². The summed E-state index contributed by atoms with van der Waals surface area (Å²) in [5, 5.41) is 18.2. The van der Waals surface area contributed by atoms with Crippen molar-refractivity contribution in [2.24, 2.45) is 0 Å². The SMILES string of the molecule is O=C(c1ncccc1C#CCCO)N1CCC(O)CC1. The minimum absolute atomic E-state index is 0.000551. The van der Waals surface area contributed by atoms with Crippen molar-refractivity contribution in [1.29, 1.82) is 0 Å². The third-order valence-electron chi connectivity index (χ3n) is 3.22. The number of carbonyl (C=O) groups excluding carboxylic acids is 1. The molecule has 0 aliphatic carbocycles. The molecule has 20 heavy (non-hydrogen) atoms. The Bertz CT molecular complexity index is 525. The normalized spacial score (nSPS) is 15.6. The molecule has 1 aliphatic heterocycles. The zero-order chi connectivity index (χ0) is 14.4. The van der Waals surface area contributed by atoms with Crippen LogP contribution in [-0.2, 0) is 0 Å². The second-order valence-electron chi connectivity index (χ2n) is 4.70. The van der Waals surface area contributed by atoms with Crippen molar-refractivity contribution < 1.29 is 15.0 Å². The first kappa shape index (κ1) is 14.5. The lowest BCUT2D eigenvalue weighted by Gasteiger charge is -2.29. The molecule has 0 radical (unpaired) electrons. The minimum Gasteiger partial charge on any atom is -0.395 e. The molecule has 1 fully saturated rings. The van der Waals surface area contributed by atoms with Gasteiger partial charge in [-0.15, -0.1) is 0 Å². The predicted molar refractivity (Wildman–Crippen MR) is 74.0 cm³/mol. The van der Waals surface area contributed by atoms with Gasteiger partial charge in [-0.1, -0.05) is 11.8 Å². The van der Waals surface area contributed by atoms with E-state index in [0.717, 1.165) is 0 Å². The van der Waals surface area contributed by atoms with Crippen LogP contribution in [0.2, 0.25) is 0 Å². The molecular weight excluding hydrogens is 256 g/mol. The molecular formula is C15H18N2O3. The molecule has 5 nitrogen and oxygen atoms in total. The Labute approximate surface area is 118 Å². The molecule has 0 bridgehead atoms. The molecule has 1 aromatic rings. The maximum Gasteiger partial charge on any atom is 0.273 e. The van der Waals surface area contributed by atoms with E-state index in [4.69, 9.17) is 5.11 Å². The number of pyridine rings is 1. The monoisotopic (exact) mass is 274 g/mol. The predicted octanol–water partition coefficient (Wildman–Crippen LogP) is 0.412. The second-order valence-corrected chi connectivity index (χ2v) is 4.70. The summed E-state index contributed by atoms with van der Waals surface area (Å²) < 4.78 is 0. The fourth-order valence-corrected chi connectivity index (χ4v) is 2.11. The van der Waals surface area contributed by atoms with Crippen LogP contribution >= 0.6 is 0 Å². The van der Waals surface area contributed by atoms with Crippen molar-refractivity contribution in [3.8, 4) is 11.8 Å². The third-order valence-corrected chi connectivity index (χ3v) is 3.22. The number of aliphatic hydroxyl groups excluding tert-OH is 2. The van der Waals surface area contributed by atoms with Crippen LogP contribution in [0, 0.1) is 11.8 Å². The molecule has 2 N–H and O–H groups in total. The molecule has 0 saturated carbocycles. The summed E-state index contributed by atoms with van der Waals surface area (Å²) in [5.41, 5.74) is 0.923. The van der Waals surface area contributed by atoms with Crippen LogP contribution in [0.15, 0.2) is 18.3 Å².